The van der Waals surface area contributed by atoms with Gasteiger partial charge in [-0.3, -0.25) is 10.1 Å². The fraction of sp³-hybridized carbons (Fsp3) is 0.100. The first-order valence-corrected chi connectivity index (χ1v) is 7.93. The normalized spacial score (nSPS) is 11.3. The molecule has 0 radical (unpaired) electrons. The molecule has 0 fully saturated rings. The zero-order chi connectivity index (χ0) is 18.0. The van der Waals surface area contributed by atoms with Crippen LogP contribution in [0.3, 0.4) is 0 Å². The first-order chi connectivity index (χ1) is 11.8. The maximum absolute atomic E-state index is 12.5. The van der Waals surface area contributed by atoms with Crippen LogP contribution in [0, 0.1) is 0 Å². The number of hydrogen-bond donors (Lipinski definition) is 2. The second kappa shape index (κ2) is 6.21. The number of carbonyl (C=O) groups excluding carboxylic acids is 1. The predicted octanol–water partition coefficient (Wildman–Crippen LogP) is -1.98. The SMILES string of the molecule is Cn1nc(C(=O)Nc2ncccn2)c(-n2ncnn2)c1OS(N)(=O)=O. The minimum atomic E-state index is -4.39. The molecule has 3 N–H and O–H groups in total. The third kappa shape index (κ3) is 3.56. The molecule has 3 rings (SSSR count). The van der Waals surface area contributed by atoms with Crippen molar-refractivity contribution in [3.8, 4) is 11.6 Å². The van der Waals surface area contributed by atoms with Gasteiger partial charge in [0, 0.05) is 19.4 Å². The zero-order valence-corrected chi connectivity index (χ0v) is 13.3. The van der Waals surface area contributed by atoms with E-state index in [-0.39, 0.29) is 23.2 Å². The lowest BCUT2D eigenvalue weighted by atomic mass is 10.3. The van der Waals surface area contributed by atoms with E-state index in [1.54, 1.807) is 6.07 Å². The average Bonchev–Trinajstić information content (AvgIpc) is 3.16. The first-order valence-electron chi connectivity index (χ1n) is 6.46. The summed E-state index contributed by atoms with van der Waals surface area (Å²) in [5.74, 6) is -1.11. The van der Waals surface area contributed by atoms with Crippen LogP contribution in [0.15, 0.2) is 24.8 Å². The molecule has 0 aliphatic carbocycles. The second-order valence-corrected chi connectivity index (χ2v) is 5.61. The van der Waals surface area contributed by atoms with Crippen molar-refractivity contribution in [2.24, 2.45) is 12.2 Å². The molecule has 0 saturated heterocycles. The molecule has 0 aliphatic heterocycles. The highest BCUT2D eigenvalue weighted by molar-refractivity contribution is 7.84. The molecule has 0 spiro atoms. The van der Waals surface area contributed by atoms with E-state index in [1.807, 2.05) is 0 Å². The Hall–Kier alpha value is -3.46. The van der Waals surface area contributed by atoms with E-state index in [1.165, 1.54) is 19.4 Å². The molecule has 0 aromatic carbocycles. The fourth-order valence-electron chi connectivity index (χ4n) is 1.83. The quantitative estimate of drug-likeness (QED) is 0.512. The molecular formula is C10H10N10O4S. The van der Waals surface area contributed by atoms with Gasteiger partial charge in [-0.15, -0.1) is 15.0 Å². The maximum Gasteiger partial charge on any atom is 0.381 e. The first kappa shape index (κ1) is 16.4. The van der Waals surface area contributed by atoms with Gasteiger partial charge in [-0.05, 0) is 11.3 Å². The van der Waals surface area contributed by atoms with Crippen molar-refractivity contribution in [2.45, 2.75) is 0 Å². The van der Waals surface area contributed by atoms with E-state index < -0.39 is 16.2 Å². The van der Waals surface area contributed by atoms with Crippen LogP contribution in [0.25, 0.3) is 5.69 Å². The molecule has 130 valence electrons. The van der Waals surface area contributed by atoms with Gasteiger partial charge in [0.25, 0.3) is 11.8 Å². The highest BCUT2D eigenvalue weighted by Gasteiger charge is 2.29. The van der Waals surface area contributed by atoms with Crippen molar-refractivity contribution >= 4 is 22.2 Å². The zero-order valence-electron chi connectivity index (χ0n) is 12.5. The van der Waals surface area contributed by atoms with Crippen LogP contribution in [-0.2, 0) is 17.4 Å². The Morgan fingerprint density at radius 1 is 1.32 bits per heavy atom. The Labute approximate surface area is 139 Å². The number of amides is 1. The number of aryl methyl sites for hydroxylation is 1. The van der Waals surface area contributed by atoms with Crippen molar-refractivity contribution < 1.29 is 17.4 Å². The Balaban J connectivity index is 2.07. The Kier molecular flexibility index (Phi) is 4.07. The number of tetrazole rings is 1. The standard InChI is InChI=1S/C10H10N10O4S/c1-19-9(24-25(11,22)23)7(20-15-5-14-18-20)6(17-19)8(21)16-10-12-3-2-4-13-10/h2-5H,1H3,(H2,11,22,23)(H,12,13,16,21). The number of carbonyl (C=O) groups is 1. The van der Waals surface area contributed by atoms with E-state index in [4.69, 9.17) is 5.14 Å². The molecule has 0 saturated carbocycles. The third-order valence-electron chi connectivity index (χ3n) is 2.72. The number of rotatable bonds is 5. The Morgan fingerprint density at radius 3 is 2.64 bits per heavy atom. The Bertz CT molecular complexity index is 998. The molecule has 1 amide bonds. The number of aromatic nitrogens is 8. The molecule has 0 bridgehead atoms. The van der Waals surface area contributed by atoms with Gasteiger partial charge in [-0.25, -0.2) is 14.6 Å². The number of nitrogens with zero attached hydrogens (tertiary/aromatic N) is 8. The molecule has 25 heavy (non-hydrogen) atoms. The van der Waals surface area contributed by atoms with Crippen LogP contribution in [-0.4, -0.2) is 54.3 Å². The number of nitrogens with two attached hydrogens (primary N) is 1. The number of anilines is 1. The summed E-state index contributed by atoms with van der Waals surface area (Å²) in [5, 5.41) is 22.1. The lowest BCUT2D eigenvalue weighted by Crippen LogP contribution is -2.21. The van der Waals surface area contributed by atoms with Gasteiger partial charge in [0.05, 0.1) is 0 Å². The number of hydrogen-bond acceptors (Lipinski definition) is 10. The average molecular weight is 366 g/mol. The van der Waals surface area contributed by atoms with E-state index in [9.17, 15) is 13.2 Å². The summed E-state index contributed by atoms with van der Waals surface area (Å²) in [6, 6.07) is 1.57. The van der Waals surface area contributed by atoms with Crippen molar-refractivity contribution in [1.29, 1.82) is 0 Å². The van der Waals surface area contributed by atoms with E-state index in [2.05, 4.69) is 40.0 Å². The lowest BCUT2D eigenvalue weighted by molar-refractivity contribution is 0.102. The predicted molar refractivity (Wildman–Crippen MR) is 79.6 cm³/mol. The maximum atomic E-state index is 12.5. The molecule has 15 heteroatoms. The van der Waals surface area contributed by atoms with Gasteiger partial charge in [0.15, 0.2) is 17.7 Å². The van der Waals surface area contributed by atoms with Gasteiger partial charge in [0.1, 0.15) is 0 Å². The fourth-order valence-corrected chi connectivity index (χ4v) is 2.23. The highest BCUT2D eigenvalue weighted by atomic mass is 32.2. The van der Waals surface area contributed by atoms with Crippen molar-refractivity contribution in [2.75, 3.05) is 5.32 Å². The highest BCUT2D eigenvalue weighted by Crippen LogP contribution is 2.26. The van der Waals surface area contributed by atoms with Crippen LogP contribution in [0.2, 0.25) is 0 Å². The minimum absolute atomic E-state index is 0.0181. The van der Waals surface area contributed by atoms with Gasteiger partial charge < -0.3 is 4.18 Å². The molecule has 0 aliphatic rings. The van der Waals surface area contributed by atoms with Gasteiger partial charge in [0.2, 0.25) is 5.95 Å². The van der Waals surface area contributed by atoms with E-state index in [0.29, 0.717) is 0 Å². The lowest BCUT2D eigenvalue weighted by Gasteiger charge is -2.05. The smallest absolute Gasteiger partial charge is 0.348 e. The van der Waals surface area contributed by atoms with Crippen LogP contribution < -0.4 is 14.6 Å². The molecule has 3 aromatic heterocycles. The molecule has 3 heterocycles. The number of nitrogens with one attached hydrogen (secondary N) is 1. The summed E-state index contributed by atoms with van der Waals surface area (Å²) in [4.78, 5) is 21.0. The third-order valence-corrected chi connectivity index (χ3v) is 3.11. The molecule has 3 aromatic rings. The summed E-state index contributed by atoms with van der Waals surface area (Å²) in [5.41, 5.74) is -0.436. The van der Waals surface area contributed by atoms with Crippen LogP contribution >= 0.6 is 0 Å². The van der Waals surface area contributed by atoms with Crippen LogP contribution in [0.4, 0.5) is 5.95 Å². The summed E-state index contributed by atoms with van der Waals surface area (Å²) in [6.45, 7) is 0. The largest absolute Gasteiger partial charge is 0.381 e. The molecule has 0 unspecified atom stereocenters. The summed E-state index contributed by atoms with van der Waals surface area (Å²) >= 11 is 0. The van der Waals surface area contributed by atoms with Crippen LogP contribution in [0.5, 0.6) is 5.88 Å². The van der Waals surface area contributed by atoms with Gasteiger partial charge >= 0.3 is 10.3 Å². The van der Waals surface area contributed by atoms with Crippen molar-refractivity contribution in [3.05, 3.63) is 30.5 Å². The molecule has 14 nitrogen and oxygen atoms in total. The van der Waals surface area contributed by atoms with Gasteiger partial charge in [-0.1, -0.05) is 0 Å². The van der Waals surface area contributed by atoms with Crippen LogP contribution in [0.1, 0.15) is 10.5 Å². The van der Waals surface area contributed by atoms with Crippen molar-refractivity contribution in [1.82, 2.24) is 40.0 Å². The van der Waals surface area contributed by atoms with E-state index in [0.717, 1.165) is 15.8 Å². The Morgan fingerprint density at radius 2 is 2.04 bits per heavy atom. The molecular weight excluding hydrogens is 356 g/mol. The van der Waals surface area contributed by atoms with E-state index >= 15 is 0 Å². The molecule has 0 atom stereocenters. The topological polar surface area (TPSA) is 186 Å². The monoisotopic (exact) mass is 366 g/mol. The summed E-state index contributed by atoms with van der Waals surface area (Å²) in [6.07, 6.45) is 3.93. The summed E-state index contributed by atoms with van der Waals surface area (Å²) < 4.78 is 28.2. The summed E-state index contributed by atoms with van der Waals surface area (Å²) in [7, 11) is -3.05. The van der Waals surface area contributed by atoms with Crippen molar-refractivity contribution in [3.63, 3.8) is 0 Å². The minimum Gasteiger partial charge on any atom is -0.348 e. The second-order valence-electron chi connectivity index (χ2n) is 4.45. The van der Waals surface area contributed by atoms with Gasteiger partial charge in [-0.2, -0.15) is 18.7 Å².